The average Bonchev–Trinajstić information content (AvgIpc) is 3.27. The maximum absolute atomic E-state index is 12.7. The number of hydrogen-bond acceptors (Lipinski definition) is 12. The normalized spacial score (nSPS) is 15.4. The number of nitrogens with two attached hydrogens (primary N) is 1. The largest absolute Gasteiger partial charge is 0.480 e. The molecule has 14 nitrogen and oxygen atoms in total. The van der Waals surface area contributed by atoms with Crippen LogP contribution in [0.3, 0.4) is 0 Å². The number of hydrogen-bond donors (Lipinski definition) is 6. The van der Waals surface area contributed by atoms with Crippen LogP contribution in [0.15, 0.2) is 48.6 Å². The van der Waals surface area contributed by atoms with Crippen molar-refractivity contribution in [2.45, 2.75) is 231 Å². The summed E-state index contributed by atoms with van der Waals surface area (Å²) in [5.74, 6) is -2.75. The molecule has 65 heavy (non-hydrogen) atoms. The Labute approximate surface area is 392 Å². The molecule has 0 aliphatic rings. The number of aliphatic hydroxyl groups excluding tert-OH is 3. The van der Waals surface area contributed by atoms with Gasteiger partial charge in [0.05, 0.1) is 31.5 Å². The zero-order valence-electron chi connectivity index (χ0n) is 40.2. The molecule has 0 fully saturated rings. The lowest BCUT2D eigenvalue weighted by Crippen LogP contribution is -2.34. The van der Waals surface area contributed by atoms with Crippen LogP contribution in [0.1, 0.15) is 200 Å². The van der Waals surface area contributed by atoms with Crippen molar-refractivity contribution in [3.05, 3.63) is 48.6 Å². The third-order valence-electron chi connectivity index (χ3n) is 10.9. The molecule has 0 aliphatic heterocycles. The van der Waals surface area contributed by atoms with Gasteiger partial charge in [-0.1, -0.05) is 210 Å². The van der Waals surface area contributed by atoms with E-state index in [1.807, 2.05) is 0 Å². The van der Waals surface area contributed by atoms with E-state index in [2.05, 4.69) is 18.4 Å². The Morgan fingerprint density at radius 1 is 0.538 bits per heavy atom. The minimum atomic E-state index is -4.82. The van der Waals surface area contributed by atoms with Gasteiger partial charge in [0.1, 0.15) is 12.6 Å². The van der Waals surface area contributed by atoms with Gasteiger partial charge >= 0.3 is 25.7 Å². The van der Waals surface area contributed by atoms with Crippen LogP contribution in [-0.4, -0.2) is 93.5 Å². The first-order chi connectivity index (χ1) is 31.3. The molecule has 0 aliphatic carbocycles. The fraction of sp³-hybridized carbons (Fsp3) is 0.780. The van der Waals surface area contributed by atoms with Crippen LogP contribution in [0.2, 0.25) is 0 Å². The summed E-state index contributed by atoms with van der Waals surface area (Å²) < 4.78 is 32.6. The third kappa shape index (κ3) is 42.4. The van der Waals surface area contributed by atoms with E-state index in [1.165, 1.54) is 115 Å². The molecule has 7 N–H and O–H groups in total. The van der Waals surface area contributed by atoms with E-state index >= 15 is 0 Å². The molecule has 0 rings (SSSR count). The summed E-state index contributed by atoms with van der Waals surface area (Å²) >= 11 is 0. The lowest BCUT2D eigenvalue weighted by atomic mass is 10.0. The molecular weight excluding hydrogens is 854 g/mol. The van der Waals surface area contributed by atoms with Gasteiger partial charge in [0.15, 0.2) is 6.10 Å². The maximum atomic E-state index is 12.7. The van der Waals surface area contributed by atoms with Crippen molar-refractivity contribution >= 4 is 25.7 Å². The molecule has 0 aromatic carbocycles. The van der Waals surface area contributed by atoms with Crippen molar-refractivity contribution in [2.24, 2.45) is 5.73 Å². The van der Waals surface area contributed by atoms with E-state index in [-0.39, 0.29) is 25.7 Å². The lowest BCUT2D eigenvalue weighted by Gasteiger charge is -2.20. The minimum absolute atomic E-state index is 0.0504. The molecule has 0 aromatic heterocycles. The Morgan fingerprint density at radius 3 is 1.48 bits per heavy atom. The van der Waals surface area contributed by atoms with E-state index in [0.717, 1.165) is 44.9 Å². The number of carbonyl (C=O) groups is 3. The highest BCUT2D eigenvalue weighted by atomic mass is 31.2. The number of rotatable bonds is 46. The first kappa shape index (κ1) is 62.3. The van der Waals surface area contributed by atoms with Crippen molar-refractivity contribution in [1.29, 1.82) is 0 Å². The van der Waals surface area contributed by atoms with E-state index in [0.29, 0.717) is 6.42 Å². The van der Waals surface area contributed by atoms with Crippen molar-refractivity contribution in [3.63, 3.8) is 0 Å². The van der Waals surface area contributed by atoms with Gasteiger partial charge in [0.2, 0.25) is 0 Å². The molecule has 0 amide bonds. The Hall–Kier alpha value is -2.68. The van der Waals surface area contributed by atoms with Gasteiger partial charge in [-0.3, -0.25) is 23.4 Å². The fourth-order valence-electron chi connectivity index (χ4n) is 6.86. The first-order valence-corrected chi connectivity index (χ1v) is 26.5. The van der Waals surface area contributed by atoms with Gasteiger partial charge in [0, 0.05) is 12.8 Å². The van der Waals surface area contributed by atoms with Gasteiger partial charge in [0.25, 0.3) is 0 Å². The maximum Gasteiger partial charge on any atom is 0.472 e. The molecule has 0 spiro atoms. The summed E-state index contributed by atoms with van der Waals surface area (Å²) in [6.45, 7) is 2.38. The predicted octanol–water partition coefficient (Wildman–Crippen LogP) is 10.6. The molecule has 378 valence electrons. The number of esters is 2. The zero-order valence-corrected chi connectivity index (χ0v) is 41.1. The van der Waals surface area contributed by atoms with Crippen LogP contribution in [0, 0.1) is 0 Å². The number of phosphoric acid groups is 1. The van der Waals surface area contributed by atoms with Crippen molar-refractivity contribution in [1.82, 2.24) is 0 Å². The van der Waals surface area contributed by atoms with Crippen molar-refractivity contribution in [2.75, 3.05) is 19.8 Å². The number of aliphatic carboxylic acids is 1. The number of unbranched alkanes of at least 4 members (excludes halogenated alkanes) is 22. The topological polar surface area (TPSA) is 232 Å². The van der Waals surface area contributed by atoms with E-state index in [1.54, 1.807) is 42.5 Å². The van der Waals surface area contributed by atoms with E-state index in [4.69, 9.17) is 24.8 Å². The Bertz CT molecular complexity index is 1340. The number of ether oxygens (including phenoxy) is 2. The molecule has 0 saturated heterocycles. The highest BCUT2D eigenvalue weighted by molar-refractivity contribution is 7.47. The number of aliphatic hydroxyl groups is 3. The highest BCUT2D eigenvalue weighted by Crippen LogP contribution is 2.43. The summed E-state index contributed by atoms with van der Waals surface area (Å²) in [7, 11) is -4.82. The van der Waals surface area contributed by atoms with Gasteiger partial charge in [-0.15, -0.1) is 0 Å². The quantitative estimate of drug-likeness (QED) is 0.0144. The fourth-order valence-corrected chi connectivity index (χ4v) is 7.64. The second-order valence-electron chi connectivity index (χ2n) is 17.2. The molecule has 1 unspecified atom stereocenters. The molecule has 15 heteroatoms. The number of allylic oxidation sites excluding steroid dienone is 6. The number of phosphoric ester groups is 1. The monoisotopic (exact) mass is 944 g/mol. The van der Waals surface area contributed by atoms with Crippen LogP contribution < -0.4 is 5.73 Å². The molecule has 0 radical (unpaired) electrons. The van der Waals surface area contributed by atoms with Crippen molar-refractivity contribution < 1.29 is 62.8 Å². The number of carboxylic acids is 1. The van der Waals surface area contributed by atoms with E-state index in [9.17, 15) is 39.2 Å². The predicted molar refractivity (Wildman–Crippen MR) is 258 cm³/mol. The van der Waals surface area contributed by atoms with Crippen LogP contribution in [-0.2, 0) is 37.5 Å². The van der Waals surface area contributed by atoms with Gasteiger partial charge in [-0.2, -0.15) is 0 Å². The molecule has 0 bridgehead atoms. The summed E-state index contributed by atoms with van der Waals surface area (Å²) in [5, 5.41) is 39.5. The van der Waals surface area contributed by atoms with Crippen molar-refractivity contribution in [3.8, 4) is 0 Å². The zero-order chi connectivity index (χ0) is 48.2. The van der Waals surface area contributed by atoms with Crippen LogP contribution in [0.25, 0.3) is 0 Å². The third-order valence-corrected chi connectivity index (χ3v) is 11.9. The van der Waals surface area contributed by atoms with Gasteiger partial charge in [-0.25, -0.2) is 4.57 Å². The number of carboxylic acid groups (broad SMARTS) is 1. The van der Waals surface area contributed by atoms with E-state index < -0.39 is 76.0 Å². The summed E-state index contributed by atoms with van der Waals surface area (Å²) in [4.78, 5) is 46.2. The minimum Gasteiger partial charge on any atom is -0.480 e. The molecule has 0 aromatic rings. The Morgan fingerprint density at radius 2 is 0.969 bits per heavy atom. The Kier molecular flexibility index (Phi) is 42.1. The second kappa shape index (κ2) is 43.9. The van der Waals surface area contributed by atoms with Crippen LogP contribution >= 0.6 is 7.82 Å². The average molecular weight is 944 g/mol. The number of carbonyl (C=O) groups excluding carboxylic acids is 2. The first-order valence-electron chi connectivity index (χ1n) is 25.0. The van der Waals surface area contributed by atoms with Crippen LogP contribution in [0.5, 0.6) is 0 Å². The summed E-state index contributed by atoms with van der Waals surface area (Å²) in [5.41, 5.74) is 5.32. The Balaban J connectivity index is 4.52. The van der Waals surface area contributed by atoms with Crippen LogP contribution in [0.4, 0.5) is 0 Å². The second-order valence-corrected chi connectivity index (χ2v) is 18.6. The molecule has 0 heterocycles. The van der Waals surface area contributed by atoms with Gasteiger partial charge in [-0.05, 0) is 25.7 Å². The lowest BCUT2D eigenvalue weighted by molar-refractivity contribution is -0.161. The molecule has 0 saturated carbocycles. The van der Waals surface area contributed by atoms with Gasteiger partial charge < -0.3 is 40.5 Å². The standard InChI is InChI=1S/C50H90NO13P/c1-3-5-7-8-9-10-11-12-13-14-15-16-17-18-19-20-21-22-23-28-32-38-48(55)61-40-44(41-62-65(59,60)63-42-45(51)50(57)58)64-49(56)39-33-37-47(54)46(53)36-31-27-25-24-26-30-35-43(52)34-29-6-4-2/h24-27,30-31,35-36,43-47,52-54H,3-23,28-29,32-34,37-42,51H2,1-2H3,(H,57,58)(H,59,60)/b26-24-,27-25+,35-30+,36-31+/t43-,44+,45-,46-,47-/m0/s1. The highest BCUT2D eigenvalue weighted by Gasteiger charge is 2.28. The SMILES string of the molecule is CCCCCCCCCCCCCCCCCCCCCCCC(=O)OC[C@H](COP(=O)(O)OC[C@H](N)C(=O)O)OC(=O)CCC[C@H](O)[C@@H](O)/C=C/C=C/C=C\C=C\[C@@H](O)CCCCC. The smallest absolute Gasteiger partial charge is 0.472 e. The summed E-state index contributed by atoms with van der Waals surface area (Å²) in [6.07, 6.45) is 39.7. The molecular formula is C50H90NO13P. The molecule has 6 atom stereocenters. The summed E-state index contributed by atoms with van der Waals surface area (Å²) in [6, 6.07) is -1.58.